The van der Waals surface area contributed by atoms with Crippen molar-refractivity contribution >= 4 is 23.5 Å². The molecule has 0 fully saturated rings. The van der Waals surface area contributed by atoms with Gasteiger partial charge < -0.3 is 9.73 Å². The number of aromatic nitrogens is 2. The summed E-state index contributed by atoms with van der Waals surface area (Å²) in [5, 5.41) is 9.25. The molecule has 0 bridgehead atoms. The minimum Gasteiger partial charge on any atom is -0.455 e. The number of nitrogens with zero attached hydrogens (tertiary/aromatic N) is 1. The second-order valence-electron chi connectivity index (χ2n) is 3.92. The third-order valence-electron chi connectivity index (χ3n) is 2.49. The zero-order valence-electron chi connectivity index (χ0n) is 10.7. The van der Waals surface area contributed by atoms with Gasteiger partial charge in [-0.25, -0.2) is 0 Å². The fourth-order valence-electron chi connectivity index (χ4n) is 1.51. The van der Waals surface area contributed by atoms with Crippen LogP contribution in [0.1, 0.15) is 28.9 Å². The van der Waals surface area contributed by atoms with E-state index in [1.54, 1.807) is 6.07 Å². The van der Waals surface area contributed by atoms with E-state index >= 15 is 0 Å². The van der Waals surface area contributed by atoms with Crippen molar-refractivity contribution in [3.8, 4) is 0 Å². The van der Waals surface area contributed by atoms with E-state index in [1.165, 1.54) is 12.1 Å². The van der Waals surface area contributed by atoms with Crippen LogP contribution >= 0.6 is 11.8 Å². The minimum absolute atomic E-state index is 0.0212. The van der Waals surface area contributed by atoms with Crippen LogP contribution in [0.3, 0.4) is 0 Å². The predicted molar refractivity (Wildman–Crippen MR) is 71.9 cm³/mol. The number of hydrogen-bond acceptors (Lipinski definition) is 4. The van der Waals surface area contributed by atoms with Gasteiger partial charge in [-0.3, -0.25) is 9.89 Å². The van der Waals surface area contributed by atoms with Gasteiger partial charge in [0.1, 0.15) is 5.76 Å². The van der Waals surface area contributed by atoms with Gasteiger partial charge in [0.2, 0.25) is 0 Å². The van der Waals surface area contributed by atoms with E-state index in [1.807, 2.05) is 6.92 Å². The topological polar surface area (TPSA) is 70.9 Å². The van der Waals surface area contributed by atoms with Crippen LogP contribution in [-0.2, 0) is 12.2 Å². The van der Waals surface area contributed by atoms with Gasteiger partial charge >= 0.3 is 0 Å². The summed E-state index contributed by atoms with van der Waals surface area (Å²) in [7, 11) is 0. The number of aromatic amines is 1. The summed E-state index contributed by atoms with van der Waals surface area (Å²) in [5.41, 5.74) is 0.897. The molecule has 2 aromatic heterocycles. The number of thioether (sulfide) groups is 1. The summed E-state index contributed by atoms with van der Waals surface area (Å²) in [4.78, 5) is 11.8. The van der Waals surface area contributed by atoms with Crippen molar-refractivity contribution in [3.05, 3.63) is 35.4 Å². The Kier molecular flexibility index (Phi) is 4.78. The van der Waals surface area contributed by atoms with Crippen LogP contribution in [0.4, 0.5) is 14.6 Å². The SMILES string of the molecule is CCc1cc(NC(=O)c2ccc(CSC(F)F)o2)n[nH]1. The normalized spacial score (nSPS) is 11.0. The molecular formula is C12H13F2N3O2S. The Morgan fingerprint density at radius 1 is 1.55 bits per heavy atom. The van der Waals surface area contributed by atoms with Crippen molar-refractivity contribution in [2.24, 2.45) is 0 Å². The van der Waals surface area contributed by atoms with E-state index < -0.39 is 11.7 Å². The number of rotatable bonds is 6. The van der Waals surface area contributed by atoms with Gasteiger partial charge in [0.05, 0.1) is 5.75 Å². The van der Waals surface area contributed by atoms with Crippen LogP contribution in [0.2, 0.25) is 0 Å². The molecule has 0 spiro atoms. The van der Waals surface area contributed by atoms with Crippen LogP contribution in [0, 0.1) is 0 Å². The van der Waals surface area contributed by atoms with Crippen molar-refractivity contribution in [1.29, 1.82) is 0 Å². The summed E-state index contributed by atoms with van der Waals surface area (Å²) in [6, 6.07) is 4.67. The third kappa shape index (κ3) is 3.83. The first kappa shape index (κ1) is 14.6. The quantitative estimate of drug-likeness (QED) is 0.859. The molecule has 0 radical (unpaired) electrons. The Balaban J connectivity index is 1.95. The largest absolute Gasteiger partial charge is 0.455 e. The lowest BCUT2D eigenvalue weighted by Crippen LogP contribution is -2.11. The maximum Gasteiger partial charge on any atom is 0.292 e. The maximum absolute atomic E-state index is 12.0. The molecule has 1 amide bonds. The van der Waals surface area contributed by atoms with E-state index in [2.05, 4.69) is 15.5 Å². The van der Waals surface area contributed by atoms with Gasteiger partial charge in [-0.2, -0.15) is 13.9 Å². The van der Waals surface area contributed by atoms with Crippen LogP contribution in [0.15, 0.2) is 22.6 Å². The fraction of sp³-hybridized carbons (Fsp3) is 0.333. The Hall–Kier alpha value is -1.83. The van der Waals surface area contributed by atoms with E-state index in [4.69, 9.17) is 4.42 Å². The lowest BCUT2D eigenvalue weighted by molar-refractivity contribution is 0.0995. The number of amides is 1. The van der Waals surface area contributed by atoms with E-state index in [-0.39, 0.29) is 11.5 Å². The van der Waals surface area contributed by atoms with Gasteiger partial charge in [-0.1, -0.05) is 18.7 Å². The molecule has 0 atom stereocenters. The first-order chi connectivity index (χ1) is 9.58. The highest BCUT2D eigenvalue weighted by Gasteiger charge is 2.14. The van der Waals surface area contributed by atoms with Crippen molar-refractivity contribution in [2.75, 3.05) is 5.32 Å². The molecule has 2 heterocycles. The summed E-state index contributed by atoms with van der Waals surface area (Å²) >= 11 is 0.444. The van der Waals surface area contributed by atoms with Gasteiger partial charge in [0, 0.05) is 11.8 Å². The molecule has 2 aromatic rings. The lowest BCUT2D eigenvalue weighted by Gasteiger charge is -1.98. The third-order valence-corrected chi connectivity index (χ3v) is 3.19. The molecule has 0 saturated carbocycles. The molecule has 0 aliphatic carbocycles. The molecule has 5 nitrogen and oxygen atoms in total. The Morgan fingerprint density at radius 2 is 2.35 bits per heavy atom. The number of carbonyl (C=O) groups excluding carboxylic acids is 1. The summed E-state index contributed by atoms with van der Waals surface area (Å²) in [6.07, 6.45) is 0.776. The zero-order chi connectivity index (χ0) is 14.5. The molecule has 2 rings (SSSR count). The number of nitrogens with one attached hydrogen (secondary N) is 2. The Morgan fingerprint density at radius 3 is 3.00 bits per heavy atom. The molecule has 108 valence electrons. The number of hydrogen-bond donors (Lipinski definition) is 2. The van der Waals surface area contributed by atoms with E-state index in [0.29, 0.717) is 23.3 Å². The monoisotopic (exact) mass is 301 g/mol. The van der Waals surface area contributed by atoms with Crippen LogP contribution in [0.25, 0.3) is 0 Å². The molecule has 0 saturated heterocycles. The summed E-state index contributed by atoms with van der Waals surface area (Å²) < 4.78 is 29.3. The van der Waals surface area contributed by atoms with Crippen molar-refractivity contribution in [1.82, 2.24) is 10.2 Å². The number of halogens is 2. The second kappa shape index (κ2) is 6.56. The summed E-state index contributed by atoms with van der Waals surface area (Å²) in [6.45, 7) is 1.96. The molecule has 0 aliphatic heterocycles. The standard InChI is InChI=1S/C12H13F2N3O2S/c1-2-7-5-10(17-16-7)15-11(18)9-4-3-8(19-9)6-20-12(13)14/h3-5,12H,2,6H2,1H3,(H2,15,16,17,18). The average Bonchev–Trinajstić information content (AvgIpc) is 3.04. The van der Waals surface area contributed by atoms with Crippen LogP contribution in [-0.4, -0.2) is 21.9 Å². The molecule has 0 aromatic carbocycles. The number of aryl methyl sites for hydroxylation is 1. The molecule has 20 heavy (non-hydrogen) atoms. The molecular weight excluding hydrogens is 288 g/mol. The molecule has 2 N–H and O–H groups in total. The Labute approximate surface area is 118 Å². The number of alkyl halides is 2. The van der Waals surface area contributed by atoms with E-state index in [0.717, 1.165) is 12.1 Å². The highest BCUT2D eigenvalue weighted by Crippen LogP contribution is 2.21. The fourth-order valence-corrected chi connectivity index (χ4v) is 1.95. The first-order valence-corrected chi connectivity index (χ1v) is 6.97. The van der Waals surface area contributed by atoms with Crippen LogP contribution in [0.5, 0.6) is 0 Å². The number of anilines is 1. The van der Waals surface area contributed by atoms with Gasteiger partial charge in [-0.05, 0) is 18.6 Å². The highest BCUT2D eigenvalue weighted by atomic mass is 32.2. The second-order valence-corrected chi connectivity index (χ2v) is 4.90. The first-order valence-electron chi connectivity index (χ1n) is 5.92. The number of carbonyl (C=O) groups is 1. The highest BCUT2D eigenvalue weighted by molar-refractivity contribution is 7.98. The van der Waals surface area contributed by atoms with Crippen LogP contribution < -0.4 is 5.32 Å². The number of H-pyrrole nitrogens is 1. The van der Waals surface area contributed by atoms with Crippen molar-refractivity contribution in [3.63, 3.8) is 0 Å². The Bertz CT molecular complexity index is 583. The summed E-state index contributed by atoms with van der Waals surface area (Å²) in [5.74, 6) is -2.12. The predicted octanol–water partition coefficient (Wildman–Crippen LogP) is 3.27. The average molecular weight is 301 g/mol. The van der Waals surface area contributed by atoms with Gasteiger partial charge in [0.25, 0.3) is 11.7 Å². The van der Waals surface area contributed by atoms with Crippen molar-refractivity contribution < 1.29 is 18.0 Å². The maximum atomic E-state index is 12.0. The smallest absolute Gasteiger partial charge is 0.292 e. The molecule has 8 heteroatoms. The van der Waals surface area contributed by atoms with Gasteiger partial charge in [0.15, 0.2) is 11.6 Å². The zero-order valence-corrected chi connectivity index (χ0v) is 11.5. The van der Waals surface area contributed by atoms with Crippen molar-refractivity contribution in [2.45, 2.75) is 24.9 Å². The van der Waals surface area contributed by atoms with Gasteiger partial charge in [-0.15, -0.1) is 0 Å². The minimum atomic E-state index is -2.46. The number of furan rings is 1. The molecule has 0 unspecified atom stereocenters. The lowest BCUT2D eigenvalue weighted by atomic mass is 10.3. The van der Waals surface area contributed by atoms with E-state index in [9.17, 15) is 13.6 Å². The molecule has 0 aliphatic rings.